The first kappa shape index (κ1) is 38.3. The standard InChI is InChI=1S/C18H28N2O6.C5H13N.C5H4O3/c1-5-14(10-19-15(21)7-13(4)18(25)26)6-11(2)9-20-17(24)12(3)8-16(22)23;1-3-5(2)4-6;1-3-2-4(6)8-5(3)7/h7-8,11,14H,5-6,9-10H2,1-4H3,(H,19,21)(H,20,24)(H,22,23)(H,25,26);5H,3-4,6H2,1-2H3;2H,1H3/p-2/b12-8-,13-7-;;. The van der Waals surface area contributed by atoms with Gasteiger partial charge in [-0.1, -0.05) is 40.5 Å². The second-order valence-corrected chi connectivity index (χ2v) is 9.62. The van der Waals surface area contributed by atoms with Gasteiger partial charge in [-0.2, -0.15) is 0 Å². The molecule has 0 fully saturated rings. The number of carboxylic acids is 2. The average molecular weight is 566 g/mol. The van der Waals surface area contributed by atoms with E-state index < -0.39 is 35.7 Å². The van der Waals surface area contributed by atoms with Crippen molar-refractivity contribution in [3.05, 3.63) is 34.9 Å². The smallest absolute Gasteiger partial charge is 0.341 e. The van der Waals surface area contributed by atoms with Gasteiger partial charge in [0.2, 0.25) is 11.8 Å². The summed E-state index contributed by atoms with van der Waals surface area (Å²) in [7, 11) is 0. The Hall–Kier alpha value is -3.80. The minimum Gasteiger partial charge on any atom is -0.545 e. The molecule has 3 unspecified atom stereocenters. The number of carbonyl (C=O) groups excluding carboxylic acids is 6. The van der Waals surface area contributed by atoms with E-state index in [0.29, 0.717) is 24.6 Å². The van der Waals surface area contributed by atoms with E-state index in [1.807, 2.05) is 13.8 Å². The fourth-order valence-electron chi connectivity index (χ4n) is 2.85. The predicted molar refractivity (Wildman–Crippen MR) is 144 cm³/mol. The number of nitrogens with one attached hydrogen (secondary N) is 2. The van der Waals surface area contributed by atoms with Crippen LogP contribution in [0, 0.1) is 17.8 Å². The lowest BCUT2D eigenvalue weighted by molar-refractivity contribution is -0.299. The minimum atomic E-state index is -1.42. The Labute approximate surface area is 236 Å². The van der Waals surface area contributed by atoms with Crippen LogP contribution in [-0.2, 0) is 33.5 Å². The summed E-state index contributed by atoms with van der Waals surface area (Å²) in [6.45, 7) is 14.0. The number of carboxylic acid groups (broad SMARTS) is 2. The molecule has 0 bridgehead atoms. The molecule has 0 aromatic carbocycles. The van der Waals surface area contributed by atoms with E-state index in [2.05, 4.69) is 29.2 Å². The third-order valence-corrected chi connectivity index (χ3v) is 5.80. The van der Waals surface area contributed by atoms with E-state index in [0.717, 1.165) is 31.5 Å². The molecule has 1 aliphatic rings. The van der Waals surface area contributed by atoms with Crippen LogP contribution in [0.2, 0.25) is 0 Å². The molecule has 3 atom stereocenters. The summed E-state index contributed by atoms with van der Waals surface area (Å²) in [6.07, 6.45) is 5.62. The zero-order valence-electron chi connectivity index (χ0n) is 24.5. The number of cyclic esters (lactones) is 2. The maximum absolute atomic E-state index is 11.7. The molecule has 40 heavy (non-hydrogen) atoms. The Morgan fingerprint density at radius 1 is 0.950 bits per heavy atom. The first-order chi connectivity index (χ1) is 18.6. The van der Waals surface area contributed by atoms with Crippen LogP contribution in [0.4, 0.5) is 0 Å². The summed E-state index contributed by atoms with van der Waals surface area (Å²) >= 11 is 0. The monoisotopic (exact) mass is 565 g/mol. The highest BCUT2D eigenvalue weighted by Crippen LogP contribution is 2.14. The number of carbonyl (C=O) groups is 6. The lowest BCUT2D eigenvalue weighted by Crippen LogP contribution is -2.33. The van der Waals surface area contributed by atoms with Gasteiger partial charge in [0.25, 0.3) is 0 Å². The molecule has 1 heterocycles. The van der Waals surface area contributed by atoms with Crippen molar-refractivity contribution in [2.45, 2.75) is 67.7 Å². The van der Waals surface area contributed by atoms with Crippen LogP contribution in [-0.4, -0.2) is 55.3 Å². The van der Waals surface area contributed by atoms with E-state index in [1.165, 1.54) is 33.3 Å². The van der Waals surface area contributed by atoms with Gasteiger partial charge in [0.05, 0.1) is 11.9 Å². The molecule has 0 spiro atoms. The van der Waals surface area contributed by atoms with Crippen LogP contribution in [0.15, 0.2) is 34.9 Å². The van der Waals surface area contributed by atoms with Gasteiger partial charge in [0, 0.05) is 36.4 Å². The van der Waals surface area contributed by atoms with E-state index in [9.17, 15) is 39.0 Å². The molecule has 0 aromatic heterocycles. The van der Waals surface area contributed by atoms with Gasteiger partial charge in [-0.3, -0.25) is 9.59 Å². The average Bonchev–Trinajstić information content (AvgIpc) is 3.18. The van der Waals surface area contributed by atoms with Gasteiger partial charge in [0.1, 0.15) is 0 Å². The molecule has 0 aliphatic carbocycles. The van der Waals surface area contributed by atoms with Crippen LogP contribution in [0.3, 0.4) is 0 Å². The number of aliphatic carboxylic acids is 2. The lowest BCUT2D eigenvalue weighted by Gasteiger charge is -2.20. The molecule has 4 N–H and O–H groups in total. The maximum Gasteiger partial charge on any atom is 0.341 e. The first-order valence-corrected chi connectivity index (χ1v) is 13.1. The summed E-state index contributed by atoms with van der Waals surface area (Å²) in [4.78, 5) is 64.8. The maximum atomic E-state index is 11.7. The number of rotatable bonds is 13. The van der Waals surface area contributed by atoms with Crippen LogP contribution < -0.4 is 26.6 Å². The van der Waals surface area contributed by atoms with Gasteiger partial charge in [-0.15, -0.1) is 0 Å². The number of hydrogen-bond donors (Lipinski definition) is 3. The van der Waals surface area contributed by atoms with Crippen molar-refractivity contribution in [3.8, 4) is 0 Å². The third kappa shape index (κ3) is 19.3. The Morgan fingerprint density at radius 3 is 1.90 bits per heavy atom. The second-order valence-electron chi connectivity index (χ2n) is 9.62. The Kier molecular flexibility index (Phi) is 20.2. The SMILES string of the molecule is CC1=CC(=O)OC1=O.CCC(C)CN.CCC(CNC(=O)/C=C(/C)C(=O)[O-])CC(C)CNC(=O)/C(C)=C\C(=O)[O-]. The summed E-state index contributed by atoms with van der Waals surface area (Å²) in [5, 5.41) is 26.3. The molecule has 12 nitrogen and oxygen atoms in total. The largest absolute Gasteiger partial charge is 0.545 e. The zero-order chi connectivity index (χ0) is 31.4. The Bertz CT molecular complexity index is 980. The Balaban J connectivity index is 0. The van der Waals surface area contributed by atoms with Crippen molar-refractivity contribution >= 4 is 35.7 Å². The Morgan fingerprint density at radius 2 is 1.55 bits per heavy atom. The summed E-state index contributed by atoms with van der Waals surface area (Å²) in [5.74, 6) is -3.89. The molecule has 0 saturated carbocycles. The minimum absolute atomic E-state index is 0.0617. The molecule has 2 amide bonds. The van der Waals surface area contributed by atoms with Gasteiger partial charge in [-0.25, -0.2) is 9.59 Å². The first-order valence-electron chi connectivity index (χ1n) is 13.1. The van der Waals surface area contributed by atoms with Crippen molar-refractivity contribution in [3.63, 3.8) is 0 Å². The highest BCUT2D eigenvalue weighted by molar-refractivity contribution is 6.08. The second kappa shape index (κ2) is 21.1. The normalized spacial score (nSPS) is 15.2. The lowest BCUT2D eigenvalue weighted by atomic mass is 9.93. The van der Waals surface area contributed by atoms with Crippen molar-refractivity contribution < 1.29 is 43.7 Å². The van der Waals surface area contributed by atoms with E-state index >= 15 is 0 Å². The highest BCUT2D eigenvalue weighted by Gasteiger charge is 2.18. The molecule has 1 rings (SSSR count). The summed E-state index contributed by atoms with van der Waals surface area (Å²) < 4.78 is 4.10. The summed E-state index contributed by atoms with van der Waals surface area (Å²) in [6, 6.07) is 0. The zero-order valence-corrected chi connectivity index (χ0v) is 24.5. The highest BCUT2D eigenvalue weighted by atomic mass is 16.6. The molecule has 0 saturated heterocycles. The quantitative estimate of drug-likeness (QED) is 0.150. The molecule has 1 aliphatic heterocycles. The number of hydrogen-bond acceptors (Lipinski definition) is 10. The van der Waals surface area contributed by atoms with Gasteiger partial charge in [0.15, 0.2) is 0 Å². The molecule has 226 valence electrons. The van der Waals surface area contributed by atoms with Crippen molar-refractivity contribution in [2.24, 2.45) is 23.5 Å². The number of nitrogens with two attached hydrogens (primary N) is 1. The topological polar surface area (TPSA) is 208 Å². The molecule has 0 radical (unpaired) electrons. The van der Waals surface area contributed by atoms with Crippen molar-refractivity contribution in [2.75, 3.05) is 19.6 Å². The van der Waals surface area contributed by atoms with Crippen molar-refractivity contribution in [1.82, 2.24) is 10.6 Å². The van der Waals surface area contributed by atoms with Crippen molar-refractivity contribution in [1.29, 1.82) is 0 Å². The molecule has 0 aromatic rings. The van der Waals surface area contributed by atoms with Crippen LogP contribution in [0.25, 0.3) is 0 Å². The fourth-order valence-corrected chi connectivity index (χ4v) is 2.85. The van der Waals surface area contributed by atoms with E-state index in [-0.39, 0.29) is 23.0 Å². The molecule has 12 heteroatoms. The van der Waals surface area contributed by atoms with E-state index in [4.69, 9.17) is 5.73 Å². The predicted octanol–water partition coefficient (Wildman–Crippen LogP) is -0.329. The number of amides is 2. The molecular weight excluding hydrogens is 522 g/mol. The number of esters is 2. The molecular formula is C28H43N3O9-2. The van der Waals surface area contributed by atoms with Gasteiger partial charge < -0.3 is 40.9 Å². The van der Waals surface area contributed by atoms with E-state index in [1.54, 1.807) is 0 Å². The summed E-state index contributed by atoms with van der Waals surface area (Å²) in [5.41, 5.74) is 5.57. The fraction of sp³-hybridized carbons (Fsp3) is 0.571. The van der Waals surface area contributed by atoms with Gasteiger partial charge >= 0.3 is 11.9 Å². The van der Waals surface area contributed by atoms with Crippen LogP contribution in [0.1, 0.15) is 67.7 Å². The number of ether oxygens (including phenoxy) is 1. The van der Waals surface area contributed by atoms with Crippen LogP contribution >= 0.6 is 0 Å². The third-order valence-electron chi connectivity index (χ3n) is 5.80. The van der Waals surface area contributed by atoms with Gasteiger partial charge in [-0.05, 0) is 63.1 Å². The van der Waals surface area contributed by atoms with Crippen LogP contribution in [0.5, 0.6) is 0 Å².